The van der Waals surface area contributed by atoms with Gasteiger partial charge < -0.3 is 11.1 Å². The lowest BCUT2D eigenvalue weighted by Gasteiger charge is -2.30. The Bertz CT molecular complexity index is 521. The van der Waals surface area contributed by atoms with Gasteiger partial charge in [-0.05, 0) is 17.9 Å². The van der Waals surface area contributed by atoms with Crippen molar-refractivity contribution in [2.75, 3.05) is 6.54 Å². The first kappa shape index (κ1) is 16.1. The van der Waals surface area contributed by atoms with E-state index in [1.54, 1.807) is 13.0 Å². The number of nitro groups is 1. The Morgan fingerprint density at radius 3 is 2.50 bits per heavy atom. The molecular weight excluding hydrogens is 258 g/mol. The summed E-state index contributed by atoms with van der Waals surface area (Å²) in [6.45, 7) is 7.98. The zero-order valence-electron chi connectivity index (χ0n) is 12.3. The number of nitro benzene ring substituents is 1. The van der Waals surface area contributed by atoms with Crippen LogP contribution in [0.15, 0.2) is 18.2 Å². The molecule has 0 saturated carbocycles. The van der Waals surface area contributed by atoms with Crippen molar-refractivity contribution in [3.8, 4) is 0 Å². The number of aryl methyl sites for hydroxylation is 1. The van der Waals surface area contributed by atoms with Crippen LogP contribution in [0.4, 0.5) is 5.69 Å². The van der Waals surface area contributed by atoms with E-state index in [1.807, 2.05) is 20.8 Å². The van der Waals surface area contributed by atoms with Crippen molar-refractivity contribution >= 4 is 11.6 Å². The molecule has 1 unspecified atom stereocenters. The fourth-order valence-electron chi connectivity index (χ4n) is 1.83. The molecule has 1 aromatic carbocycles. The van der Waals surface area contributed by atoms with Crippen LogP contribution in [-0.2, 0) is 0 Å². The number of hydrogen-bond donors (Lipinski definition) is 2. The first-order valence-corrected chi connectivity index (χ1v) is 6.42. The quantitative estimate of drug-likeness (QED) is 0.650. The van der Waals surface area contributed by atoms with E-state index < -0.39 is 4.92 Å². The molecular formula is C14H21N3O3. The highest BCUT2D eigenvalue weighted by Gasteiger charge is 2.26. The van der Waals surface area contributed by atoms with E-state index in [0.717, 1.165) is 0 Å². The Balaban J connectivity index is 3.03. The number of amides is 1. The molecule has 0 aliphatic heterocycles. The van der Waals surface area contributed by atoms with Crippen molar-refractivity contribution in [1.82, 2.24) is 5.32 Å². The number of hydrogen-bond acceptors (Lipinski definition) is 4. The average Bonchev–Trinajstić information content (AvgIpc) is 2.34. The number of nitrogens with one attached hydrogen (secondary N) is 1. The smallest absolute Gasteiger partial charge is 0.270 e. The number of non-ortho nitro benzene ring substituents is 1. The van der Waals surface area contributed by atoms with Crippen LogP contribution in [0.25, 0.3) is 0 Å². The van der Waals surface area contributed by atoms with Gasteiger partial charge in [0.1, 0.15) is 0 Å². The summed E-state index contributed by atoms with van der Waals surface area (Å²) in [7, 11) is 0. The molecule has 1 atom stereocenters. The van der Waals surface area contributed by atoms with Gasteiger partial charge in [-0.1, -0.05) is 26.8 Å². The number of carbonyl (C=O) groups excluding carboxylic acids is 1. The summed E-state index contributed by atoms with van der Waals surface area (Å²) in [4.78, 5) is 22.5. The molecule has 0 saturated heterocycles. The summed E-state index contributed by atoms with van der Waals surface area (Å²) in [6, 6.07) is 4.05. The van der Waals surface area contributed by atoms with Crippen LogP contribution in [0.3, 0.4) is 0 Å². The maximum atomic E-state index is 12.3. The monoisotopic (exact) mass is 279 g/mol. The average molecular weight is 279 g/mol. The normalized spacial score (nSPS) is 12.8. The fraction of sp³-hybridized carbons (Fsp3) is 0.500. The van der Waals surface area contributed by atoms with Crippen molar-refractivity contribution in [3.63, 3.8) is 0 Å². The van der Waals surface area contributed by atoms with Crippen LogP contribution in [0.5, 0.6) is 0 Å². The Labute approximate surface area is 118 Å². The number of nitrogens with two attached hydrogens (primary N) is 1. The van der Waals surface area contributed by atoms with Gasteiger partial charge in [0, 0.05) is 30.3 Å². The van der Waals surface area contributed by atoms with Gasteiger partial charge in [0.15, 0.2) is 0 Å². The molecule has 0 heterocycles. The fourth-order valence-corrected chi connectivity index (χ4v) is 1.83. The number of nitrogens with zero attached hydrogens (tertiary/aromatic N) is 1. The van der Waals surface area contributed by atoms with E-state index in [0.29, 0.717) is 17.7 Å². The third-order valence-corrected chi connectivity index (χ3v) is 3.26. The van der Waals surface area contributed by atoms with Crippen LogP contribution < -0.4 is 11.1 Å². The largest absolute Gasteiger partial charge is 0.347 e. The van der Waals surface area contributed by atoms with Crippen molar-refractivity contribution in [2.45, 2.75) is 33.7 Å². The van der Waals surface area contributed by atoms with Crippen LogP contribution >= 0.6 is 0 Å². The van der Waals surface area contributed by atoms with Crippen molar-refractivity contribution < 1.29 is 9.72 Å². The standard InChI is InChI=1S/C14H21N3O3/c1-9-5-6-10(17(19)20)7-11(9)13(18)16-12(8-15)14(2,3)4/h5-7,12H,8,15H2,1-4H3,(H,16,18). The second kappa shape index (κ2) is 6.00. The molecule has 0 radical (unpaired) electrons. The Hall–Kier alpha value is -1.95. The Morgan fingerprint density at radius 1 is 1.45 bits per heavy atom. The summed E-state index contributed by atoms with van der Waals surface area (Å²) in [5.41, 5.74) is 6.40. The second-order valence-corrected chi connectivity index (χ2v) is 5.88. The van der Waals surface area contributed by atoms with Gasteiger partial charge in [-0.3, -0.25) is 14.9 Å². The molecule has 0 spiro atoms. The summed E-state index contributed by atoms with van der Waals surface area (Å²) >= 11 is 0. The van der Waals surface area contributed by atoms with E-state index in [1.165, 1.54) is 12.1 Å². The van der Waals surface area contributed by atoms with Crippen molar-refractivity contribution in [2.24, 2.45) is 11.1 Å². The zero-order valence-corrected chi connectivity index (χ0v) is 12.3. The van der Waals surface area contributed by atoms with Gasteiger partial charge in [0.05, 0.1) is 4.92 Å². The SMILES string of the molecule is Cc1ccc([N+](=O)[O-])cc1C(=O)NC(CN)C(C)(C)C. The maximum Gasteiger partial charge on any atom is 0.270 e. The van der Waals surface area contributed by atoms with E-state index in [-0.39, 0.29) is 23.1 Å². The minimum Gasteiger partial charge on any atom is -0.347 e. The first-order chi connectivity index (χ1) is 9.16. The third-order valence-electron chi connectivity index (χ3n) is 3.26. The molecule has 0 aromatic heterocycles. The lowest BCUT2D eigenvalue weighted by Crippen LogP contribution is -2.48. The number of benzene rings is 1. The van der Waals surface area contributed by atoms with Gasteiger partial charge in [0.2, 0.25) is 0 Å². The van der Waals surface area contributed by atoms with Crippen LogP contribution in [-0.4, -0.2) is 23.4 Å². The van der Waals surface area contributed by atoms with Gasteiger partial charge in [-0.2, -0.15) is 0 Å². The summed E-state index contributed by atoms with van der Waals surface area (Å²) in [5, 5.41) is 13.6. The highest BCUT2D eigenvalue weighted by molar-refractivity contribution is 5.96. The van der Waals surface area contributed by atoms with Crippen LogP contribution in [0, 0.1) is 22.5 Å². The molecule has 3 N–H and O–H groups in total. The molecule has 6 nitrogen and oxygen atoms in total. The molecule has 20 heavy (non-hydrogen) atoms. The van der Waals surface area contributed by atoms with Gasteiger partial charge in [0.25, 0.3) is 11.6 Å². The second-order valence-electron chi connectivity index (χ2n) is 5.88. The summed E-state index contributed by atoms with van der Waals surface area (Å²) in [5.74, 6) is -0.337. The van der Waals surface area contributed by atoms with Crippen molar-refractivity contribution in [1.29, 1.82) is 0 Å². The zero-order chi connectivity index (χ0) is 15.5. The maximum absolute atomic E-state index is 12.3. The highest BCUT2D eigenvalue weighted by atomic mass is 16.6. The van der Waals surface area contributed by atoms with E-state index in [4.69, 9.17) is 5.73 Å². The number of rotatable bonds is 4. The lowest BCUT2D eigenvalue weighted by atomic mass is 9.86. The molecule has 0 aliphatic rings. The van der Waals surface area contributed by atoms with Gasteiger partial charge in [-0.15, -0.1) is 0 Å². The molecule has 1 amide bonds. The Morgan fingerprint density at radius 2 is 2.05 bits per heavy atom. The minimum atomic E-state index is -0.513. The predicted octanol–water partition coefficient (Wildman–Crippen LogP) is 2.01. The minimum absolute atomic E-state index is 0.0965. The molecule has 1 aromatic rings. The molecule has 0 aliphatic carbocycles. The molecule has 0 fully saturated rings. The molecule has 110 valence electrons. The van der Waals surface area contributed by atoms with Gasteiger partial charge >= 0.3 is 0 Å². The highest BCUT2D eigenvalue weighted by Crippen LogP contribution is 2.21. The Kier molecular flexibility index (Phi) is 4.83. The van der Waals surface area contributed by atoms with Crippen LogP contribution in [0.1, 0.15) is 36.7 Å². The van der Waals surface area contributed by atoms with E-state index >= 15 is 0 Å². The lowest BCUT2D eigenvalue weighted by molar-refractivity contribution is -0.384. The van der Waals surface area contributed by atoms with E-state index in [9.17, 15) is 14.9 Å². The third kappa shape index (κ3) is 3.77. The summed E-state index contributed by atoms with van der Waals surface area (Å²) < 4.78 is 0. The van der Waals surface area contributed by atoms with Gasteiger partial charge in [-0.25, -0.2) is 0 Å². The predicted molar refractivity (Wildman–Crippen MR) is 77.6 cm³/mol. The van der Waals surface area contributed by atoms with Crippen LogP contribution in [0.2, 0.25) is 0 Å². The topological polar surface area (TPSA) is 98.3 Å². The van der Waals surface area contributed by atoms with Crippen molar-refractivity contribution in [3.05, 3.63) is 39.4 Å². The molecule has 0 bridgehead atoms. The van der Waals surface area contributed by atoms with E-state index in [2.05, 4.69) is 5.32 Å². The first-order valence-electron chi connectivity index (χ1n) is 6.42. The summed E-state index contributed by atoms with van der Waals surface area (Å²) in [6.07, 6.45) is 0. The molecule has 1 rings (SSSR count). The molecule has 6 heteroatoms. The number of carbonyl (C=O) groups is 1.